The van der Waals surface area contributed by atoms with Gasteiger partial charge in [-0.05, 0) is 114 Å². The van der Waals surface area contributed by atoms with Gasteiger partial charge in [-0.25, -0.2) is 0 Å². The van der Waals surface area contributed by atoms with Crippen LogP contribution in [0.1, 0.15) is 135 Å². The molecule has 6 nitrogen and oxygen atoms in total. The van der Waals surface area contributed by atoms with E-state index in [1.807, 2.05) is 0 Å². The van der Waals surface area contributed by atoms with Crippen LogP contribution in [0.5, 0.6) is 0 Å². The molecule has 0 aromatic rings. The largest absolute Gasteiger partial charge is 0.516 e. The van der Waals surface area contributed by atoms with Gasteiger partial charge in [0.25, 0.3) is 0 Å². The van der Waals surface area contributed by atoms with Crippen molar-refractivity contribution in [2.45, 2.75) is 182 Å². The van der Waals surface area contributed by atoms with E-state index in [0.29, 0.717) is 0 Å². The van der Waals surface area contributed by atoms with Crippen molar-refractivity contribution in [3.63, 3.8) is 0 Å². The predicted molar refractivity (Wildman–Crippen MR) is 186 cm³/mol. The molecule has 8 atom stereocenters. The summed E-state index contributed by atoms with van der Waals surface area (Å²) in [6, 6.07) is 0. The van der Waals surface area contributed by atoms with Crippen molar-refractivity contribution in [3.8, 4) is 0 Å². The van der Waals surface area contributed by atoms with Gasteiger partial charge in [0.05, 0.1) is 9.75 Å². The second-order valence-electron chi connectivity index (χ2n) is 10.8. The molecule has 0 aliphatic heterocycles. The summed E-state index contributed by atoms with van der Waals surface area (Å²) in [5, 5.41) is 0. The van der Waals surface area contributed by atoms with E-state index in [9.17, 15) is 0 Å². The van der Waals surface area contributed by atoms with Gasteiger partial charge in [-0.1, -0.05) is 63.1 Å². The average molecular weight is 679 g/mol. The molecule has 0 aromatic carbocycles. The molecular formula is C28H62O6S4Si2. The molecule has 0 aliphatic carbocycles. The van der Waals surface area contributed by atoms with E-state index in [4.69, 9.17) is 26.6 Å². The van der Waals surface area contributed by atoms with Crippen LogP contribution in [0.15, 0.2) is 0 Å². The molecule has 0 saturated heterocycles. The van der Waals surface area contributed by atoms with E-state index < -0.39 is 17.6 Å². The van der Waals surface area contributed by atoms with Crippen molar-refractivity contribution in [2.24, 2.45) is 0 Å². The van der Waals surface area contributed by atoms with Gasteiger partial charge >= 0.3 is 17.6 Å². The monoisotopic (exact) mass is 678 g/mol. The zero-order valence-corrected chi connectivity index (χ0v) is 33.2. The van der Waals surface area contributed by atoms with Gasteiger partial charge in [0, 0.05) is 36.6 Å². The number of rotatable bonds is 25. The maximum atomic E-state index is 6.69. The summed E-state index contributed by atoms with van der Waals surface area (Å²) in [7, 11) is 1.11. The quantitative estimate of drug-likeness (QED) is 0.0530. The molecule has 0 saturated carbocycles. The smallest absolute Gasteiger partial charge is 0.370 e. The molecule has 0 rings (SSSR count). The maximum Gasteiger partial charge on any atom is 0.516 e. The highest BCUT2D eigenvalue weighted by molar-refractivity contribution is 9.26. The topological polar surface area (TPSA) is 55.4 Å². The predicted octanol–water partition coefficient (Wildman–Crippen LogP) is 10.3. The van der Waals surface area contributed by atoms with Crippen LogP contribution in [-0.4, -0.2) is 64.0 Å². The minimum Gasteiger partial charge on any atom is -0.370 e. The van der Waals surface area contributed by atoms with E-state index in [-0.39, 0.29) is 46.4 Å². The van der Waals surface area contributed by atoms with Crippen LogP contribution in [0.3, 0.4) is 0 Å². The molecule has 0 amide bonds. The lowest BCUT2D eigenvalue weighted by Gasteiger charge is -2.39. The molecule has 0 N–H and O–H groups in total. The fourth-order valence-corrected chi connectivity index (χ4v) is 20.9. The van der Waals surface area contributed by atoms with Crippen molar-refractivity contribution >= 4 is 58.8 Å². The summed E-state index contributed by atoms with van der Waals surface area (Å²) in [4.78, 5) is 0.146. The summed E-state index contributed by atoms with van der Waals surface area (Å²) in [6.45, 7) is 30.0. The zero-order chi connectivity index (χ0) is 30.9. The van der Waals surface area contributed by atoms with Gasteiger partial charge in [0.15, 0.2) is 0 Å². The van der Waals surface area contributed by atoms with Crippen LogP contribution in [0, 0.1) is 0 Å². The Bertz CT molecular complexity index is 527. The van der Waals surface area contributed by atoms with E-state index >= 15 is 0 Å². The fraction of sp³-hybridized carbons (Fsp3) is 1.00. The van der Waals surface area contributed by atoms with Crippen molar-refractivity contribution in [3.05, 3.63) is 0 Å². The normalized spacial score (nSPS) is 21.4. The van der Waals surface area contributed by atoms with E-state index in [0.717, 1.165) is 38.5 Å². The van der Waals surface area contributed by atoms with Crippen LogP contribution in [0.25, 0.3) is 0 Å². The Morgan fingerprint density at radius 2 is 0.550 bits per heavy atom. The Morgan fingerprint density at radius 1 is 0.375 bits per heavy atom. The standard InChI is InChI=1S/C28H62O6S4Si2/c1-15-21(7)29-39(30-22(8)16-2,31-23(9)17-3)27(13)35-37-38-36-28(14)40(32-24(10)18-4,33-25(11)19-5)34-26(12)20-6/h21-28H,15-20H2,1-14H3. The Balaban J connectivity index is 5.77. The molecule has 242 valence electrons. The van der Waals surface area contributed by atoms with Crippen LogP contribution < -0.4 is 0 Å². The molecule has 0 fully saturated rings. The lowest BCUT2D eigenvalue weighted by molar-refractivity contribution is -0.0121. The van der Waals surface area contributed by atoms with Crippen LogP contribution in [0.4, 0.5) is 0 Å². The Labute approximate surface area is 265 Å². The highest BCUT2D eigenvalue weighted by atomic mass is 33.7. The first-order chi connectivity index (χ1) is 18.8. The Kier molecular flexibility index (Phi) is 23.0. The SMILES string of the molecule is CCC(C)O[Si](OC(C)CC)(OC(C)CC)C(C)SSSSC(C)[Si](OC(C)CC)(OC(C)CC)OC(C)CC. The zero-order valence-electron chi connectivity index (χ0n) is 27.9. The number of hydrogen-bond donors (Lipinski definition) is 0. The summed E-state index contributed by atoms with van der Waals surface area (Å²) in [5.41, 5.74) is 0. The molecule has 8 unspecified atom stereocenters. The molecule has 0 radical (unpaired) electrons. The van der Waals surface area contributed by atoms with Gasteiger partial charge in [-0.15, -0.1) is 0 Å². The van der Waals surface area contributed by atoms with Gasteiger partial charge in [-0.2, -0.15) is 0 Å². The van der Waals surface area contributed by atoms with E-state index in [2.05, 4.69) is 96.9 Å². The second kappa shape index (κ2) is 22.2. The van der Waals surface area contributed by atoms with Gasteiger partial charge in [0.2, 0.25) is 0 Å². The van der Waals surface area contributed by atoms with Crippen LogP contribution >= 0.6 is 41.2 Å². The second-order valence-corrected chi connectivity index (χ2v) is 23.7. The van der Waals surface area contributed by atoms with Crippen molar-refractivity contribution < 1.29 is 26.6 Å². The summed E-state index contributed by atoms with van der Waals surface area (Å²) < 4.78 is 40.1. The van der Waals surface area contributed by atoms with Gasteiger partial charge in [-0.3, -0.25) is 0 Å². The molecule has 0 bridgehead atoms. The molecule has 0 aliphatic rings. The molecule has 40 heavy (non-hydrogen) atoms. The average Bonchev–Trinajstić information content (AvgIpc) is 2.93. The highest BCUT2D eigenvalue weighted by Gasteiger charge is 2.53. The Morgan fingerprint density at radius 3 is 0.700 bits per heavy atom. The first-order valence-corrected chi connectivity index (χ1v) is 24.0. The third kappa shape index (κ3) is 15.1. The molecule has 12 heteroatoms. The van der Waals surface area contributed by atoms with Crippen molar-refractivity contribution in [1.82, 2.24) is 0 Å². The molecule has 0 spiro atoms. The van der Waals surface area contributed by atoms with Crippen LogP contribution in [-0.2, 0) is 26.6 Å². The van der Waals surface area contributed by atoms with E-state index in [1.165, 1.54) is 0 Å². The third-order valence-electron chi connectivity index (χ3n) is 7.03. The minimum atomic E-state index is -2.99. The fourth-order valence-electron chi connectivity index (χ4n) is 3.19. The molecule has 0 heterocycles. The highest BCUT2D eigenvalue weighted by Crippen LogP contribution is 2.50. The molecular weight excluding hydrogens is 617 g/mol. The lowest BCUT2D eigenvalue weighted by Crippen LogP contribution is -2.58. The Hall–Kier alpha value is 1.59. The minimum absolute atomic E-state index is 0.0731. The van der Waals surface area contributed by atoms with Gasteiger partial charge < -0.3 is 26.6 Å². The summed E-state index contributed by atoms with van der Waals surface area (Å²) >= 11 is 0. The van der Waals surface area contributed by atoms with Crippen LogP contribution in [0.2, 0.25) is 0 Å². The molecule has 0 aromatic heterocycles. The van der Waals surface area contributed by atoms with E-state index in [1.54, 1.807) is 41.2 Å². The number of hydrogen-bond acceptors (Lipinski definition) is 10. The lowest BCUT2D eigenvalue weighted by atomic mass is 10.3. The first-order valence-electron chi connectivity index (χ1n) is 15.5. The van der Waals surface area contributed by atoms with Crippen molar-refractivity contribution in [1.29, 1.82) is 0 Å². The summed E-state index contributed by atoms with van der Waals surface area (Å²) in [5.74, 6) is 0. The first kappa shape index (κ1) is 41.6. The third-order valence-corrected chi connectivity index (χ3v) is 23.4. The summed E-state index contributed by atoms with van der Waals surface area (Å²) in [6.07, 6.45) is 6.00. The van der Waals surface area contributed by atoms with Gasteiger partial charge in [0.1, 0.15) is 0 Å². The van der Waals surface area contributed by atoms with Crippen molar-refractivity contribution in [2.75, 3.05) is 0 Å². The maximum absolute atomic E-state index is 6.69.